The first-order chi connectivity index (χ1) is 18.9. The summed E-state index contributed by atoms with van der Waals surface area (Å²) < 4.78 is 16.0. The molecule has 0 spiro atoms. The smallest absolute Gasteiger partial charge is 0.344 e. The number of nitrogens with zero attached hydrogens (tertiary/aromatic N) is 3. The van der Waals surface area contributed by atoms with E-state index < -0.39 is 17.1 Å². The van der Waals surface area contributed by atoms with Crippen LogP contribution in [0.2, 0.25) is 0 Å². The summed E-state index contributed by atoms with van der Waals surface area (Å²) in [5.41, 5.74) is 1.71. The van der Waals surface area contributed by atoms with Gasteiger partial charge in [-0.15, -0.1) is 0 Å². The summed E-state index contributed by atoms with van der Waals surface area (Å²) in [4.78, 5) is 55.3. The van der Waals surface area contributed by atoms with Crippen molar-refractivity contribution in [3.63, 3.8) is 0 Å². The second-order valence-electron chi connectivity index (χ2n) is 8.70. The zero-order valence-electron chi connectivity index (χ0n) is 22.0. The van der Waals surface area contributed by atoms with Crippen molar-refractivity contribution in [2.75, 3.05) is 57.4 Å². The van der Waals surface area contributed by atoms with Crippen LogP contribution >= 0.6 is 11.8 Å². The number of rotatable bonds is 10. The molecule has 39 heavy (non-hydrogen) atoms. The van der Waals surface area contributed by atoms with Crippen LogP contribution in [0.15, 0.2) is 53.4 Å². The topological polar surface area (TPSA) is 106 Å². The van der Waals surface area contributed by atoms with E-state index in [0.717, 1.165) is 22.3 Å². The number of ether oxygens (including phenoxy) is 3. The molecule has 0 aromatic heterocycles. The van der Waals surface area contributed by atoms with Gasteiger partial charge < -0.3 is 24.0 Å². The summed E-state index contributed by atoms with van der Waals surface area (Å²) in [5.74, 6) is -0.520. The largest absolute Gasteiger partial charge is 0.490 e. The van der Waals surface area contributed by atoms with Crippen LogP contribution in [-0.4, -0.2) is 85.4 Å². The minimum Gasteiger partial charge on any atom is -0.490 e. The molecular weight excluding hydrogens is 522 g/mol. The third-order valence-electron chi connectivity index (χ3n) is 6.14. The van der Waals surface area contributed by atoms with Crippen molar-refractivity contribution in [1.82, 2.24) is 9.80 Å². The van der Waals surface area contributed by atoms with Crippen LogP contribution in [0.25, 0.3) is 6.08 Å². The molecule has 0 aliphatic carbocycles. The summed E-state index contributed by atoms with van der Waals surface area (Å²) in [5, 5.41) is -0.484. The van der Waals surface area contributed by atoms with E-state index in [9.17, 15) is 19.2 Å². The van der Waals surface area contributed by atoms with Crippen LogP contribution in [0.1, 0.15) is 19.4 Å². The summed E-state index contributed by atoms with van der Waals surface area (Å²) >= 11 is 0.792. The highest BCUT2D eigenvalue weighted by Gasteiger charge is 2.37. The van der Waals surface area contributed by atoms with Gasteiger partial charge in [0.05, 0.1) is 18.1 Å². The highest BCUT2D eigenvalue weighted by Crippen LogP contribution is 2.35. The number of imide groups is 1. The molecule has 2 aromatic rings. The Morgan fingerprint density at radius 1 is 0.923 bits per heavy atom. The number of benzene rings is 2. The maximum absolute atomic E-state index is 13.0. The molecule has 0 bridgehead atoms. The SMILES string of the molecule is CCOC(=O)COc1ccc(/C=C2/SC(=O)N(CC(=O)N3CCN(c4ccccc4)CC3)C2=O)cc1OCC. The van der Waals surface area contributed by atoms with Crippen LogP contribution in [0.5, 0.6) is 11.5 Å². The van der Waals surface area contributed by atoms with Gasteiger partial charge in [0, 0.05) is 31.9 Å². The molecule has 206 valence electrons. The van der Waals surface area contributed by atoms with Gasteiger partial charge in [-0.2, -0.15) is 0 Å². The lowest BCUT2D eigenvalue weighted by Gasteiger charge is -2.36. The lowest BCUT2D eigenvalue weighted by atomic mass is 10.2. The fourth-order valence-corrected chi connectivity index (χ4v) is 5.06. The Morgan fingerprint density at radius 3 is 2.36 bits per heavy atom. The summed E-state index contributed by atoms with van der Waals surface area (Å²) in [6.45, 7) is 5.98. The number of amides is 3. The Kier molecular flexibility index (Phi) is 9.48. The lowest BCUT2D eigenvalue weighted by Crippen LogP contribution is -2.51. The molecule has 2 fully saturated rings. The Hall–Kier alpha value is -3.99. The number of para-hydroxylation sites is 1. The van der Waals surface area contributed by atoms with Gasteiger partial charge in [-0.25, -0.2) is 4.79 Å². The molecule has 0 N–H and O–H groups in total. The molecule has 0 radical (unpaired) electrons. The van der Waals surface area contributed by atoms with E-state index in [0.29, 0.717) is 49.8 Å². The van der Waals surface area contributed by atoms with E-state index in [1.54, 1.807) is 36.1 Å². The molecule has 0 unspecified atom stereocenters. The van der Waals surface area contributed by atoms with Crippen LogP contribution in [0, 0.1) is 0 Å². The third-order valence-corrected chi connectivity index (χ3v) is 7.04. The van der Waals surface area contributed by atoms with Crippen molar-refractivity contribution >= 4 is 46.5 Å². The van der Waals surface area contributed by atoms with Gasteiger partial charge in [0.2, 0.25) is 5.91 Å². The van der Waals surface area contributed by atoms with E-state index in [2.05, 4.69) is 4.90 Å². The van der Waals surface area contributed by atoms with Gasteiger partial charge in [-0.3, -0.25) is 19.3 Å². The number of piperazine rings is 1. The van der Waals surface area contributed by atoms with Crippen LogP contribution in [0.4, 0.5) is 10.5 Å². The maximum Gasteiger partial charge on any atom is 0.344 e. The predicted octanol–water partition coefficient (Wildman–Crippen LogP) is 3.41. The zero-order valence-corrected chi connectivity index (χ0v) is 22.8. The maximum atomic E-state index is 13.0. The van der Waals surface area contributed by atoms with E-state index in [-0.39, 0.29) is 30.6 Å². The average Bonchev–Trinajstić information content (AvgIpc) is 3.20. The number of thioether (sulfide) groups is 1. The summed E-state index contributed by atoms with van der Waals surface area (Å²) in [6.07, 6.45) is 1.58. The normalized spacial score (nSPS) is 16.6. The molecule has 2 aliphatic rings. The van der Waals surface area contributed by atoms with Crippen molar-refractivity contribution < 1.29 is 33.4 Å². The molecule has 11 heteroatoms. The number of anilines is 1. The second kappa shape index (κ2) is 13.2. The first-order valence-corrected chi connectivity index (χ1v) is 13.6. The van der Waals surface area contributed by atoms with Gasteiger partial charge in [0.1, 0.15) is 6.54 Å². The van der Waals surface area contributed by atoms with E-state index in [1.807, 2.05) is 37.3 Å². The van der Waals surface area contributed by atoms with Crippen LogP contribution in [0.3, 0.4) is 0 Å². The summed E-state index contributed by atoms with van der Waals surface area (Å²) in [6, 6.07) is 15.0. The number of carbonyl (C=O) groups excluding carboxylic acids is 4. The number of carbonyl (C=O) groups is 4. The average molecular weight is 554 g/mol. The summed E-state index contributed by atoms with van der Waals surface area (Å²) in [7, 11) is 0. The molecule has 2 saturated heterocycles. The second-order valence-corrected chi connectivity index (χ2v) is 9.70. The van der Waals surface area contributed by atoms with Crippen molar-refractivity contribution in [1.29, 1.82) is 0 Å². The van der Waals surface area contributed by atoms with Gasteiger partial charge in [0.15, 0.2) is 18.1 Å². The van der Waals surface area contributed by atoms with E-state index in [1.165, 1.54) is 0 Å². The zero-order chi connectivity index (χ0) is 27.8. The fraction of sp³-hybridized carbons (Fsp3) is 0.357. The van der Waals surface area contributed by atoms with E-state index >= 15 is 0 Å². The molecular formula is C28H31N3O7S. The molecule has 3 amide bonds. The van der Waals surface area contributed by atoms with Crippen molar-refractivity contribution in [2.24, 2.45) is 0 Å². The molecule has 2 aliphatic heterocycles. The monoisotopic (exact) mass is 553 g/mol. The van der Waals surface area contributed by atoms with Gasteiger partial charge in [0.25, 0.3) is 11.1 Å². The quantitative estimate of drug-likeness (QED) is 0.323. The first-order valence-electron chi connectivity index (χ1n) is 12.8. The van der Waals surface area contributed by atoms with Gasteiger partial charge >= 0.3 is 5.97 Å². The first kappa shape index (κ1) is 28.0. The number of esters is 1. The molecule has 4 rings (SSSR count). The highest BCUT2D eigenvalue weighted by molar-refractivity contribution is 8.18. The highest BCUT2D eigenvalue weighted by atomic mass is 32.2. The van der Waals surface area contributed by atoms with Crippen molar-refractivity contribution in [3.05, 3.63) is 59.0 Å². The Morgan fingerprint density at radius 2 is 1.67 bits per heavy atom. The van der Waals surface area contributed by atoms with E-state index in [4.69, 9.17) is 14.2 Å². The molecule has 0 atom stereocenters. The van der Waals surface area contributed by atoms with Gasteiger partial charge in [-0.1, -0.05) is 24.3 Å². The van der Waals surface area contributed by atoms with Crippen molar-refractivity contribution in [2.45, 2.75) is 13.8 Å². The molecule has 2 heterocycles. The number of hydrogen-bond acceptors (Lipinski definition) is 9. The minimum atomic E-state index is -0.512. The molecule has 0 saturated carbocycles. The Balaban J connectivity index is 1.37. The fourth-order valence-electron chi connectivity index (χ4n) is 4.22. The standard InChI is InChI=1S/C28H31N3O7S/c1-3-36-23-16-20(10-11-22(23)38-19-26(33)37-4-2)17-24-27(34)31(28(35)39-24)18-25(32)30-14-12-29(13-15-30)21-8-6-5-7-9-21/h5-11,16-17H,3-4,12-15,18-19H2,1-2H3/b24-17+. The predicted molar refractivity (Wildman–Crippen MR) is 148 cm³/mol. The third kappa shape index (κ3) is 7.11. The molecule has 10 nitrogen and oxygen atoms in total. The van der Waals surface area contributed by atoms with Crippen LogP contribution < -0.4 is 14.4 Å². The number of hydrogen-bond donors (Lipinski definition) is 0. The van der Waals surface area contributed by atoms with Gasteiger partial charge in [-0.05, 0) is 61.5 Å². The van der Waals surface area contributed by atoms with Crippen molar-refractivity contribution in [3.8, 4) is 11.5 Å². The molecule has 2 aromatic carbocycles. The Bertz CT molecular complexity index is 1240. The lowest BCUT2D eigenvalue weighted by molar-refractivity contribution is -0.145. The minimum absolute atomic E-state index is 0.212. The Labute approximate surface area is 231 Å². The van der Waals surface area contributed by atoms with Crippen LogP contribution in [-0.2, 0) is 19.1 Å².